The van der Waals surface area contributed by atoms with Crippen LogP contribution in [0.2, 0.25) is 0 Å². The van der Waals surface area contributed by atoms with E-state index in [2.05, 4.69) is 37.8 Å². The quantitative estimate of drug-likeness (QED) is 0.905. The van der Waals surface area contributed by atoms with Crippen LogP contribution in [0.4, 0.5) is 0 Å². The van der Waals surface area contributed by atoms with Gasteiger partial charge in [-0.3, -0.25) is 4.90 Å². The van der Waals surface area contributed by atoms with Gasteiger partial charge in [-0.2, -0.15) is 0 Å². The molecule has 0 spiro atoms. The minimum Gasteiger partial charge on any atom is -0.492 e. The molecule has 0 radical (unpaired) electrons. The summed E-state index contributed by atoms with van der Waals surface area (Å²) in [6.45, 7) is 10.5. The highest BCUT2D eigenvalue weighted by molar-refractivity contribution is 5.27. The first-order valence-electron chi connectivity index (χ1n) is 7.15. The Morgan fingerprint density at radius 3 is 2.89 bits per heavy atom. The lowest BCUT2D eigenvalue weighted by atomic mass is 9.80. The van der Waals surface area contributed by atoms with Crippen molar-refractivity contribution in [3.8, 4) is 5.75 Å². The van der Waals surface area contributed by atoms with Crippen LogP contribution in [0.1, 0.15) is 25.8 Å². The van der Waals surface area contributed by atoms with Crippen molar-refractivity contribution in [2.75, 3.05) is 26.2 Å². The molecular formula is C16H26N2O. The van der Waals surface area contributed by atoms with Crippen LogP contribution in [0.25, 0.3) is 0 Å². The van der Waals surface area contributed by atoms with Crippen molar-refractivity contribution in [1.82, 2.24) is 4.90 Å². The average molecular weight is 262 g/mol. The summed E-state index contributed by atoms with van der Waals surface area (Å²) in [4.78, 5) is 2.46. The monoisotopic (exact) mass is 262 g/mol. The van der Waals surface area contributed by atoms with Crippen molar-refractivity contribution in [3.63, 3.8) is 0 Å². The lowest BCUT2D eigenvalue weighted by molar-refractivity contribution is 0.0831. The molecule has 1 aliphatic rings. The molecule has 1 heterocycles. The van der Waals surface area contributed by atoms with Crippen molar-refractivity contribution < 1.29 is 4.74 Å². The van der Waals surface area contributed by atoms with Crippen molar-refractivity contribution in [2.45, 2.75) is 33.2 Å². The van der Waals surface area contributed by atoms with Crippen LogP contribution < -0.4 is 10.5 Å². The summed E-state index contributed by atoms with van der Waals surface area (Å²) >= 11 is 0. The number of piperidine rings is 1. The molecule has 1 fully saturated rings. The minimum atomic E-state index is 0.210. The molecule has 0 saturated carbocycles. The lowest BCUT2D eigenvalue weighted by Gasteiger charge is -2.42. The predicted molar refractivity (Wildman–Crippen MR) is 79.5 cm³/mol. The van der Waals surface area contributed by atoms with E-state index in [1.54, 1.807) is 0 Å². The van der Waals surface area contributed by atoms with Crippen LogP contribution in [0, 0.1) is 12.3 Å². The van der Waals surface area contributed by atoms with Gasteiger partial charge in [0.1, 0.15) is 12.4 Å². The second-order valence-corrected chi connectivity index (χ2v) is 6.32. The third kappa shape index (κ3) is 3.95. The van der Waals surface area contributed by atoms with E-state index in [9.17, 15) is 0 Å². The molecule has 0 amide bonds. The van der Waals surface area contributed by atoms with Gasteiger partial charge in [-0.1, -0.05) is 26.0 Å². The Balaban J connectivity index is 1.77. The van der Waals surface area contributed by atoms with Gasteiger partial charge in [0, 0.05) is 19.1 Å². The SMILES string of the molecule is Cc1cccc(OCCN2CCC(N)C(C)(C)C2)c1. The summed E-state index contributed by atoms with van der Waals surface area (Å²) in [6.07, 6.45) is 1.08. The summed E-state index contributed by atoms with van der Waals surface area (Å²) in [6, 6.07) is 8.54. The number of rotatable bonds is 4. The fraction of sp³-hybridized carbons (Fsp3) is 0.625. The first-order valence-corrected chi connectivity index (χ1v) is 7.15. The highest BCUT2D eigenvalue weighted by Gasteiger charge is 2.32. The summed E-state index contributed by atoms with van der Waals surface area (Å²) in [5.74, 6) is 0.966. The molecule has 3 heteroatoms. The molecule has 2 rings (SSSR count). The Hall–Kier alpha value is -1.06. The smallest absolute Gasteiger partial charge is 0.119 e. The molecule has 0 aromatic heterocycles. The lowest BCUT2D eigenvalue weighted by Crippen LogP contribution is -2.53. The number of ether oxygens (including phenoxy) is 1. The maximum Gasteiger partial charge on any atom is 0.119 e. The van der Waals surface area contributed by atoms with Crippen LogP contribution in [-0.2, 0) is 0 Å². The number of hydrogen-bond donors (Lipinski definition) is 1. The second kappa shape index (κ2) is 5.93. The third-order valence-electron chi connectivity index (χ3n) is 4.06. The third-order valence-corrected chi connectivity index (χ3v) is 4.06. The fourth-order valence-electron chi connectivity index (χ4n) is 2.67. The molecule has 106 valence electrons. The maximum absolute atomic E-state index is 6.15. The molecule has 0 aliphatic carbocycles. The van der Waals surface area contributed by atoms with Crippen molar-refractivity contribution in [3.05, 3.63) is 29.8 Å². The van der Waals surface area contributed by atoms with E-state index < -0.39 is 0 Å². The van der Waals surface area contributed by atoms with Gasteiger partial charge in [0.2, 0.25) is 0 Å². The Bertz CT molecular complexity index is 417. The van der Waals surface area contributed by atoms with Crippen molar-refractivity contribution in [2.24, 2.45) is 11.1 Å². The van der Waals surface area contributed by atoms with Gasteiger partial charge in [0.05, 0.1) is 0 Å². The van der Waals surface area contributed by atoms with E-state index in [4.69, 9.17) is 10.5 Å². The van der Waals surface area contributed by atoms with E-state index in [-0.39, 0.29) is 5.41 Å². The van der Waals surface area contributed by atoms with E-state index in [1.807, 2.05) is 12.1 Å². The zero-order valence-electron chi connectivity index (χ0n) is 12.4. The van der Waals surface area contributed by atoms with Gasteiger partial charge in [-0.05, 0) is 43.0 Å². The highest BCUT2D eigenvalue weighted by Crippen LogP contribution is 2.27. The molecule has 1 atom stereocenters. The Morgan fingerprint density at radius 2 is 2.21 bits per heavy atom. The largest absolute Gasteiger partial charge is 0.492 e. The zero-order chi connectivity index (χ0) is 13.9. The average Bonchev–Trinajstić information content (AvgIpc) is 2.33. The topological polar surface area (TPSA) is 38.5 Å². The Kier molecular flexibility index (Phi) is 4.48. The van der Waals surface area contributed by atoms with Crippen LogP contribution in [0.15, 0.2) is 24.3 Å². The molecule has 1 saturated heterocycles. The standard InChI is InChI=1S/C16H26N2O/c1-13-5-4-6-14(11-13)19-10-9-18-8-7-15(17)16(2,3)12-18/h4-6,11,15H,7-10,12,17H2,1-3H3. The van der Waals surface area contributed by atoms with Crippen molar-refractivity contribution >= 4 is 0 Å². The number of nitrogens with two attached hydrogens (primary N) is 1. The molecular weight excluding hydrogens is 236 g/mol. The normalized spacial score (nSPS) is 23.3. The van der Waals surface area contributed by atoms with E-state index in [0.717, 1.165) is 38.4 Å². The zero-order valence-corrected chi connectivity index (χ0v) is 12.4. The van der Waals surface area contributed by atoms with Gasteiger partial charge in [0.25, 0.3) is 0 Å². The maximum atomic E-state index is 6.15. The van der Waals surface area contributed by atoms with E-state index >= 15 is 0 Å². The summed E-state index contributed by atoms with van der Waals surface area (Å²) < 4.78 is 5.81. The Morgan fingerprint density at radius 1 is 1.42 bits per heavy atom. The fourth-order valence-corrected chi connectivity index (χ4v) is 2.67. The molecule has 3 nitrogen and oxygen atoms in total. The van der Waals surface area contributed by atoms with Gasteiger partial charge in [-0.25, -0.2) is 0 Å². The van der Waals surface area contributed by atoms with E-state index in [1.165, 1.54) is 5.56 Å². The molecule has 0 bridgehead atoms. The van der Waals surface area contributed by atoms with Crippen LogP contribution >= 0.6 is 0 Å². The molecule has 2 N–H and O–H groups in total. The van der Waals surface area contributed by atoms with Crippen molar-refractivity contribution in [1.29, 1.82) is 0 Å². The van der Waals surface area contributed by atoms with E-state index in [0.29, 0.717) is 6.04 Å². The molecule has 19 heavy (non-hydrogen) atoms. The second-order valence-electron chi connectivity index (χ2n) is 6.32. The number of aryl methyl sites for hydroxylation is 1. The predicted octanol–water partition coefficient (Wildman–Crippen LogP) is 2.43. The first-order chi connectivity index (χ1) is 8.97. The summed E-state index contributed by atoms with van der Waals surface area (Å²) in [5.41, 5.74) is 7.60. The number of hydrogen-bond acceptors (Lipinski definition) is 3. The number of likely N-dealkylation sites (tertiary alicyclic amines) is 1. The van der Waals surface area contributed by atoms with Crippen LogP contribution in [0.3, 0.4) is 0 Å². The Labute approximate surface area is 116 Å². The van der Waals surface area contributed by atoms with Crippen LogP contribution in [0.5, 0.6) is 5.75 Å². The van der Waals surface area contributed by atoms with Gasteiger partial charge in [0.15, 0.2) is 0 Å². The molecule has 1 aromatic rings. The summed E-state index contributed by atoms with van der Waals surface area (Å²) in [5, 5.41) is 0. The number of nitrogens with zero attached hydrogens (tertiary/aromatic N) is 1. The first kappa shape index (κ1) is 14.4. The minimum absolute atomic E-state index is 0.210. The molecule has 1 unspecified atom stereocenters. The van der Waals surface area contributed by atoms with Gasteiger partial charge in [-0.15, -0.1) is 0 Å². The molecule has 1 aliphatic heterocycles. The highest BCUT2D eigenvalue weighted by atomic mass is 16.5. The van der Waals surface area contributed by atoms with Gasteiger partial charge < -0.3 is 10.5 Å². The summed E-state index contributed by atoms with van der Waals surface area (Å²) in [7, 11) is 0. The number of benzene rings is 1. The van der Waals surface area contributed by atoms with Crippen LogP contribution in [-0.4, -0.2) is 37.2 Å². The van der Waals surface area contributed by atoms with Gasteiger partial charge >= 0.3 is 0 Å². The molecule has 1 aromatic carbocycles.